The molecule has 0 atom stereocenters. The monoisotopic (exact) mass is 305 g/mol. The molecule has 0 saturated heterocycles. The minimum atomic E-state index is -1.39. The summed E-state index contributed by atoms with van der Waals surface area (Å²) in [7, 11) is 2.87. The smallest absolute Gasteiger partial charge is 0.273 e. The number of aryl methyl sites for hydroxylation is 1. The van der Waals surface area contributed by atoms with Crippen LogP contribution < -0.4 is 0 Å². The number of hydrogen-bond donors (Lipinski definition) is 0. The fourth-order valence-electron chi connectivity index (χ4n) is 1.78. The van der Waals surface area contributed by atoms with E-state index in [1.165, 1.54) is 0 Å². The van der Waals surface area contributed by atoms with Crippen molar-refractivity contribution in [1.29, 1.82) is 0 Å². The van der Waals surface area contributed by atoms with Crippen LogP contribution in [0.2, 0.25) is 0 Å². The highest BCUT2D eigenvalue weighted by molar-refractivity contribution is 5.98. The quantitative estimate of drug-likeness (QED) is 0.420. The first-order valence-electron chi connectivity index (χ1n) is 6.24. The van der Waals surface area contributed by atoms with E-state index in [4.69, 9.17) is 13.9 Å². The van der Waals surface area contributed by atoms with Gasteiger partial charge in [-0.3, -0.25) is 0 Å². The van der Waals surface area contributed by atoms with Gasteiger partial charge in [0.15, 0.2) is 11.6 Å². The molecule has 0 spiro atoms. The summed E-state index contributed by atoms with van der Waals surface area (Å²) in [5.41, 5.74) is 0.0244. The Balaban J connectivity index is 2.84. The summed E-state index contributed by atoms with van der Waals surface area (Å²) in [5.74, 6) is -4.53. The van der Waals surface area contributed by atoms with Gasteiger partial charge in [-0.05, 0) is 31.9 Å². The first kappa shape index (κ1) is 17.2. The van der Waals surface area contributed by atoms with E-state index < -0.39 is 23.4 Å². The Morgan fingerprint density at radius 1 is 1.00 bits per heavy atom. The van der Waals surface area contributed by atoms with Crippen molar-refractivity contribution in [3.8, 4) is 0 Å². The molecule has 0 fully saturated rings. The van der Waals surface area contributed by atoms with Gasteiger partial charge in [-0.1, -0.05) is 0 Å². The summed E-state index contributed by atoms with van der Waals surface area (Å²) in [5, 5.41) is 0. The van der Waals surface area contributed by atoms with Gasteiger partial charge in [0.1, 0.15) is 5.82 Å². The Morgan fingerprint density at radius 2 is 1.55 bits per heavy atom. The van der Waals surface area contributed by atoms with E-state index in [0.717, 1.165) is 6.07 Å². The highest BCUT2D eigenvalue weighted by Gasteiger charge is 2.31. The molecule has 1 rings (SSSR count). The van der Waals surface area contributed by atoms with E-state index in [1.807, 2.05) is 0 Å². The summed E-state index contributed by atoms with van der Waals surface area (Å²) in [6, 6.07) is 1.34. The van der Waals surface area contributed by atoms with Crippen LogP contribution in [0.25, 0.3) is 0 Å². The molecule has 0 aliphatic heterocycles. The lowest BCUT2D eigenvalue weighted by atomic mass is 10.1. The lowest BCUT2D eigenvalue weighted by molar-refractivity contribution is -0.343. The second-order valence-electron chi connectivity index (χ2n) is 4.01. The molecule has 0 aliphatic rings. The largest absolute Gasteiger partial charge is 0.371 e. The van der Waals surface area contributed by atoms with Crippen molar-refractivity contribution in [3.05, 3.63) is 35.1 Å². The van der Waals surface area contributed by atoms with E-state index >= 15 is 0 Å². The molecule has 20 heavy (non-hydrogen) atoms. The Hall–Kier alpha value is -0.893. The predicted molar refractivity (Wildman–Crippen MR) is 67.5 cm³/mol. The van der Waals surface area contributed by atoms with E-state index in [0.29, 0.717) is 19.3 Å². The highest BCUT2D eigenvalue weighted by Crippen LogP contribution is 2.23. The van der Waals surface area contributed by atoms with Gasteiger partial charge in [0.2, 0.25) is 0 Å². The average molecular weight is 305 g/mol. The average Bonchev–Trinajstić information content (AvgIpc) is 2.41. The molecule has 0 saturated carbocycles. The topological polar surface area (TPSA) is 27.7 Å². The van der Waals surface area contributed by atoms with Crippen molar-refractivity contribution in [2.45, 2.75) is 32.7 Å². The Bertz CT molecular complexity index is 437. The van der Waals surface area contributed by atoms with Crippen LogP contribution in [-0.2, 0) is 20.3 Å². The summed E-state index contributed by atoms with van der Waals surface area (Å²) >= 11 is 0. The van der Waals surface area contributed by atoms with Crippen molar-refractivity contribution in [1.82, 2.24) is 0 Å². The molecular weight excluding hydrogens is 289 g/mol. The number of halogens is 3. The maximum Gasteiger partial charge on any atom is 0.273 e. The third-order valence-electron chi connectivity index (χ3n) is 2.67. The van der Waals surface area contributed by atoms with Crippen molar-refractivity contribution in [3.63, 3.8) is 0 Å². The normalized spacial score (nSPS) is 11.9. The van der Waals surface area contributed by atoms with Crippen LogP contribution in [0.4, 0.5) is 13.2 Å². The van der Waals surface area contributed by atoms with Gasteiger partial charge >= 0.3 is 0 Å². The Labute approximate surface area is 119 Å². The van der Waals surface area contributed by atoms with Crippen LogP contribution in [0, 0.1) is 17.5 Å². The van der Waals surface area contributed by atoms with Crippen LogP contribution in [0.15, 0.2) is 12.1 Å². The maximum atomic E-state index is 13.5. The number of ether oxygens (including phenoxy) is 2. The third-order valence-corrected chi connectivity index (χ3v) is 2.98. The molecule has 1 aromatic rings. The van der Waals surface area contributed by atoms with Gasteiger partial charge in [0, 0.05) is 25.7 Å². The molecule has 0 aliphatic carbocycles. The van der Waals surface area contributed by atoms with Crippen molar-refractivity contribution >= 4 is 10.5 Å². The molecule has 3 nitrogen and oxygen atoms in total. The Morgan fingerprint density at radius 3 is 2.05 bits per heavy atom. The Kier molecular flexibility index (Phi) is 6.67. The lowest BCUT2D eigenvalue weighted by Gasteiger charge is -2.31. The fourth-order valence-corrected chi connectivity index (χ4v) is 2.00. The maximum absolute atomic E-state index is 13.5. The molecule has 0 amide bonds. The van der Waals surface area contributed by atoms with Crippen molar-refractivity contribution < 1.29 is 27.1 Å². The molecule has 111 valence electrons. The van der Waals surface area contributed by atoms with Crippen LogP contribution >= 0.6 is 0 Å². The zero-order valence-corrected chi connectivity index (χ0v) is 12.3. The molecule has 7 heteroatoms. The predicted octanol–water partition coefficient (Wildman–Crippen LogP) is 2.86. The zero-order chi connectivity index (χ0) is 15.2. The van der Waals surface area contributed by atoms with E-state index in [-0.39, 0.29) is 18.4 Å². The van der Waals surface area contributed by atoms with Crippen molar-refractivity contribution in [2.24, 2.45) is 0 Å². The minimum Gasteiger partial charge on any atom is -0.371 e. The third kappa shape index (κ3) is 4.31. The fraction of sp³-hybridized carbons (Fsp3) is 0.538. The lowest BCUT2D eigenvalue weighted by Crippen LogP contribution is -2.39. The van der Waals surface area contributed by atoms with Crippen LogP contribution in [-0.4, -0.2) is 29.7 Å². The molecule has 0 aromatic heterocycles. The van der Waals surface area contributed by atoms with Gasteiger partial charge in [0.25, 0.3) is 16.5 Å². The van der Waals surface area contributed by atoms with Gasteiger partial charge in [-0.15, -0.1) is 0 Å². The zero-order valence-electron chi connectivity index (χ0n) is 11.3. The first-order chi connectivity index (χ1) is 9.48. The second-order valence-corrected chi connectivity index (χ2v) is 4.21. The molecule has 1 aromatic carbocycles. The molecule has 0 bridgehead atoms. The molecule has 0 N–H and O–H groups in total. The number of hydrogen-bond acceptors (Lipinski definition) is 3. The standard InChI is InChI=1S/C13H16F3O3Si/c1-3-17-13(19-20,18-4-2)6-5-9-7-11(15)12(16)8-10(9)14/h7-8H,3-6H2,1-2H3. The van der Waals surface area contributed by atoms with E-state index in [9.17, 15) is 13.2 Å². The van der Waals surface area contributed by atoms with Gasteiger partial charge < -0.3 is 13.9 Å². The first-order valence-corrected chi connectivity index (χ1v) is 6.65. The second kappa shape index (κ2) is 7.77. The van der Waals surface area contributed by atoms with Crippen LogP contribution in [0.1, 0.15) is 25.8 Å². The highest BCUT2D eigenvalue weighted by atomic mass is 28.2. The SMILES string of the molecule is CCOC(CCc1cc(F)c(F)cc1F)(O[Si])OCC. The van der Waals surface area contributed by atoms with Crippen molar-refractivity contribution in [2.75, 3.05) is 13.2 Å². The summed E-state index contributed by atoms with van der Waals surface area (Å²) in [4.78, 5) is 0. The van der Waals surface area contributed by atoms with E-state index in [2.05, 4.69) is 10.5 Å². The molecule has 3 radical (unpaired) electrons. The summed E-state index contributed by atoms with van der Waals surface area (Å²) in [6.45, 7) is 4.11. The minimum absolute atomic E-state index is 0.0244. The summed E-state index contributed by atoms with van der Waals surface area (Å²) < 4.78 is 55.2. The van der Waals surface area contributed by atoms with Gasteiger partial charge in [-0.25, -0.2) is 13.2 Å². The van der Waals surface area contributed by atoms with Crippen LogP contribution in [0.3, 0.4) is 0 Å². The van der Waals surface area contributed by atoms with E-state index in [1.54, 1.807) is 13.8 Å². The van der Waals surface area contributed by atoms with Crippen LogP contribution in [0.5, 0.6) is 0 Å². The molecular formula is C13H16F3O3Si. The molecule has 0 heterocycles. The summed E-state index contributed by atoms with van der Waals surface area (Å²) in [6.07, 6.45) is 0.174. The number of rotatable bonds is 8. The van der Waals surface area contributed by atoms with Gasteiger partial charge in [-0.2, -0.15) is 0 Å². The number of benzene rings is 1. The van der Waals surface area contributed by atoms with Gasteiger partial charge in [0.05, 0.1) is 0 Å². The molecule has 0 unspecified atom stereocenters.